The highest BCUT2D eigenvalue weighted by Gasteiger charge is 2.36. The van der Waals surface area contributed by atoms with Gasteiger partial charge in [0, 0.05) is 31.8 Å². The first kappa shape index (κ1) is 12.9. The zero-order valence-corrected chi connectivity index (χ0v) is 10.2. The molecule has 0 amide bonds. The van der Waals surface area contributed by atoms with Gasteiger partial charge >= 0.3 is 0 Å². The Morgan fingerprint density at radius 1 is 1.00 bits per heavy atom. The predicted molar refractivity (Wildman–Crippen MR) is 61.7 cm³/mol. The van der Waals surface area contributed by atoms with E-state index in [4.69, 9.17) is 10.2 Å². The van der Waals surface area contributed by atoms with Crippen LogP contribution in [0.5, 0.6) is 0 Å². The van der Waals surface area contributed by atoms with Gasteiger partial charge in [0.2, 0.25) is 0 Å². The molecule has 3 nitrogen and oxygen atoms in total. The maximum atomic E-state index is 9.02. The summed E-state index contributed by atoms with van der Waals surface area (Å²) >= 11 is 0. The van der Waals surface area contributed by atoms with E-state index in [1.54, 1.807) is 0 Å². The molecule has 3 heteroatoms. The van der Waals surface area contributed by atoms with Gasteiger partial charge in [-0.05, 0) is 45.4 Å². The monoisotopic (exact) mass is 215 g/mol. The third kappa shape index (κ3) is 3.44. The molecule has 2 unspecified atom stereocenters. The summed E-state index contributed by atoms with van der Waals surface area (Å²) in [5, 5.41) is 18.0. The van der Waals surface area contributed by atoms with E-state index < -0.39 is 0 Å². The molecular weight excluding hydrogens is 190 g/mol. The van der Waals surface area contributed by atoms with Crippen LogP contribution in [0.3, 0.4) is 0 Å². The maximum Gasteiger partial charge on any atom is 0.0434 e. The van der Waals surface area contributed by atoms with Crippen molar-refractivity contribution < 1.29 is 10.2 Å². The summed E-state index contributed by atoms with van der Waals surface area (Å²) in [7, 11) is 0. The number of likely N-dealkylation sites (tertiary alicyclic amines) is 1. The van der Waals surface area contributed by atoms with Crippen molar-refractivity contribution in [2.45, 2.75) is 39.2 Å². The molecule has 0 aromatic carbocycles. The molecule has 0 spiro atoms. The number of aliphatic hydroxyl groups excluding tert-OH is 2. The van der Waals surface area contributed by atoms with E-state index in [-0.39, 0.29) is 18.8 Å². The van der Waals surface area contributed by atoms with E-state index in [2.05, 4.69) is 25.7 Å². The van der Waals surface area contributed by atoms with Crippen molar-refractivity contribution in [3.63, 3.8) is 0 Å². The van der Waals surface area contributed by atoms with Crippen LogP contribution in [0.15, 0.2) is 0 Å². The molecule has 1 fully saturated rings. The fourth-order valence-electron chi connectivity index (χ4n) is 2.47. The van der Waals surface area contributed by atoms with Crippen molar-refractivity contribution in [1.82, 2.24) is 4.90 Å². The summed E-state index contributed by atoms with van der Waals surface area (Å²) in [6, 6.07) is 0. The topological polar surface area (TPSA) is 43.7 Å². The minimum atomic E-state index is 0.206. The van der Waals surface area contributed by atoms with Crippen LogP contribution in [0.1, 0.15) is 33.6 Å². The summed E-state index contributed by atoms with van der Waals surface area (Å²) in [4.78, 5) is 2.47. The molecule has 2 atom stereocenters. The summed E-state index contributed by atoms with van der Waals surface area (Å²) in [5.41, 5.74) is 0.206. The fraction of sp³-hybridized carbons (Fsp3) is 1.00. The van der Waals surface area contributed by atoms with Crippen LogP contribution in [0.25, 0.3) is 0 Å². The van der Waals surface area contributed by atoms with Crippen LogP contribution in [0, 0.1) is 11.8 Å². The Hall–Kier alpha value is -0.120. The van der Waals surface area contributed by atoms with Crippen LogP contribution in [0.2, 0.25) is 0 Å². The second-order valence-corrected chi connectivity index (χ2v) is 5.62. The smallest absolute Gasteiger partial charge is 0.0434 e. The molecule has 15 heavy (non-hydrogen) atoms. The Bertz CT molecular complexity index is 175. The average Bonchev–Trinajstić information content (AvgIpc) is 2.50. The zero-order chi connectivity index (χ0) is 11.5. The number of aliphatic hydroxyl groups is 2. The minimum Gasteiger partial charge on any atom is -0.396 e. The standard InChI is InChI=1S/C12H25NO2/c1-12(2,3)13-8-10(4-6-14)11(9-13)5-7-15/h10-11,14-15H,4-9H2,1-3H3. The Morgan fingerprint density at radius 2 is 1.40 bits per heavy atom. The van der Waals surface area contributed by atoms with Crippen LogP contribution in [-0.4, -0.2) is 47.0 Å². The van der Waals surface area contributed by atoms with Crippen molar-refractivity contribution in [3.8, 4) is 0 Å². The SMILES string of the molecule is CC(C)(C)N1CC(CCO)C(CCO)C1. The lowest BCUT2D eigenvalue weighted by Gasteiger charge is -2.32. The third-order valence-electron chi connectivity index (χ3n) is 3.52. The molecule has 0 radical (unpaired) electrons. The highest BCUT2D eigenvalue weighted by atomic mass is 16.3. The normalized spacial score (nSPS) is 28.6. The van der Waals surface area contributed by atoms with Crippen molar-refractivity contribution in [2.75, 3.05) is 26.3 Å². The minimum absolute atomic E-state index is 0.206. The van der Waals surface area contributed by atoms with Gasteiger partial charge in [0.25, 0.3) is 0 Å². The first-order chi connectivity index (χ1) is 6.99. The lowest BCUT2D eigenvalue weighted by molar-refractivity contribution is 0.160. The zero-order valence-electron chi connectivity index (χ0n) is 10.2. The third-order valence-corrected chi connectivity index (χ3v) is 3.52. The number of hydrogen-bond acceptors (Lipinski definition) is 3. The lowest BCUT2D eigenvalue weighted by Crippen LogP contribution is -2.39. The number of rotatable bonds is 4. The van der Waals surface area contributed by atoms with E-state index >= 15 is 0 Å². The summed E-state index contributed by atoms with van der Waals surface area (Å²) in [6.45, 7) is 9.34. The van der Waals surface area contributed by atoms with Crippen molar-refractivity contribution in [1.29, 1.82) is 0 Å². The Morgan fingerprint density at radius 3 is 1.67 bits per heavy atom. The molecule has 0 aromatic heterocycles. The highest BCUT2D eigenvalue weighted by Crippen LogP contribution is 2.32. The van der Waals surface area contributed by atoms with Crippen LogP contribution in [0.4, 0.5) is 0 Å². The van der Waals surface area contributed by atoms with Crippen molar-refractivity contribution >= 4 is 0 Å². The molecule has 1 rings (SSSR count). The fourth-order valence-corrected chi connectivity index (χ4v) is 2.47. The van der Waals surface area contributed by atoms with E-state index in [0.29, 0.717) is 11.8 Å². The van der Waals surface area contributed by atoms with Gasteiger partial charge in [-0.15, -0.1) is 0 Å². The van der Waals surface area contributed by atoms with Gasteiger partial charge in [0.15, 0.2) is 0 Å². The van der Waals surface area contributed by atoms with Crippen molar-refractivity contribution in [2.24, 2.45) is 11.8 Å². The number of nitrogens with zero attached hydrogens (tertiary/aromatic N) is 1. The molecule has 1 aliphatic rings. The molecule has 0 aliphatic carbocycles. The first-order valence-corrected chi connectivity index (χ1v) is 5.95. The van der Waals surface area contributed by atoms with Gasteiger partial charge < -0.3 is 10.2 Å². The molecule has 0 bridgehead atoms. The Kier molecular flexibility index (Phi) is 4.56. The van der Waals surface area contributed by atoms with E-state index in [9.17, 15) is 0 Å². The van der Waals surface area contributed by atoms with Gasteiger partial charge in [-0.3, -0.25) is 4.90 Å². The molecule has 1 aliphatic heterocycles. The molecule has 1 saturated heterocycles. The second kappa shape index (κ2) is 5.28. The van der Waals surface area contributed by atoms with Gasteiger partial charge in [-0.2, -0.15) is 0 Å². The molecule has 0 aromatic rings. The van der Waals surface area contributed by atoms with E-state index in [1.807, 2.05) is 0 Å². The van der Waals surface area contributed by atoms with Crippen LogP contribution >= 0.6 is 0 Å². The van der Waals surface area contributed by atoms with Crippen LogP contribution in [-0.2, 0) is 0 Å². The molecular formula is C12H25NO2. The molecule has 0 saturated carbocycles. The average molecular weight is 215 g/mol. The summed E-state index contributed by atoms with van der Waals surface area (Å²) in [5.74, 6) is 1.11. The van der Waals surface area contributed by atoms with Gasteiger partial charge in [-0.25, -0.2) is 0 Å². The molecule has 90 valence electrons. The Labute approximate surface area is 93.1 Å². The Balaban J connectivity index is 2.56. The van der Waals surface area contributed by atoms with E-state index in [1.165, 1.54) is 0 Å². The first-order valence-electron chi connectivity index (χ1n) is 5.95. The summed E-state index contributed by atoms with van der Waals surface area (Å²) < 4.78 is 0. The van der Waals surface area contributed by atoms with Crippen molar-refractivity contribution in [3.05, 3.63) is 0 Å². The van der Waals surface area contributed by atoms with Gasteiger partial charge in [-0.1, -0.05) is 0 Å². The van der Waals surface area contributed by atoms with Gasteiger partial charge in [0.1, 0.15) is 0 Å². The number of hydrogen-bond donors (Lipinski definition) is 2. The van der Waals surface area contributed by atoms with Crippen LogP contribution < -0.4 is 0 Å². The largest absolute Gasteiger partial charge is 0.396 e. The maximum absolute atomic E-state index is 9.02. The quantitative estimate of drug-likeness (QED) is 0.738. The second-order valence-electron chi connectivity index (χ2n) is 5.62. The van der Waals surface area contributed by atoms with E-state index in [0.717, 1.165) is 25.9 Å². The molecule has 2 N–H and O–H groups in total. The van der Waals surface area contributed by atoms with Gasteiger partial charge in [0.05, 0.1) is 0 Å². The predicted octanol–water partition coefficient (Wildman–Crippen LogP) is 1.10. The molecule has 1 heterocycles. The lowest BCUT2D eigenvalue weighted by atomic mass is 9.91. The highest BCUT2D eigenvalue weighted by molar-refractivity contribution is 4.89. The summed E-state index contributed by atoms with van der Waals surface area (Å²) in [6.07, 6.45) is 1.74.